The molecule has 0 fully saturated rings. The second kappa shape index (κ2) is 9.07. The van der Waals surface area contributed by atoms with Gasteiger partial charge in [0.15, 0.2) is 0 Å². The van der Waals surface area contributed by atoms with Crippen LogP contribution in [0, 0.1) is 5.92 Å². The third-order valence-electron chi connectivity index (χ3n) is 1.73. The lowest BCUT2D eigenvalue weighted by Crippen LogP contribution is -2.07. The second-order valence-electron chi connectivity index (χ2n) is 3.64. The maximum absolute atomic E-state index is 11.4. The van der Waals surface area contributed by atoms with E-state index in [1.165, 1.54) is 12.2 Å². The molecule has 80 valence electrons. The first-order valence-electron chi connectivity index (χ1n) is 5.09. The van der Waals surface area contributed by atoms with Crippen molar-refractivity contribution in [3.63, 3.8) is 0 Å². The third-order valence-corrected chi connectivity index (χ3v) is 4.53. The van der Waals surface area contributed by atoms with Crippen molar-refractivity contribution in [1.29, 1.82) is 0 Å². The molecule has 0 saturated heterocycles. The van der Waals surface area contributed by atoms with E-state index in [4.69, 9.17) is 0 Å². The van der Waals surface area contributed by atoms with E-state index in [0.29, 0.717) is 5.92 Å². The maximum atomic E-state index is 11.4. The summed E-state index contributed by atoms with van der Waals surface area (Å²) in [6.45, 7) is 6.55. The molecule has 0 amide bonds. The van der Waals surface area contributed by atoms with Gasteiger partial charge in [0.25, 0.3) is 0 Å². The Labute approximate surface area is 89.5 Å². The van der Waals surface area contributed by atoms with Gasteiger partial charge < -0.3 is 0 Å². The first kappa shape index (κ1) is 13.5. The first-order valence-corrected chi connectivity index (χ1v) is 7.73. The molecule has 0 spiro atoms. The normalized spacial score (nSPS) is 13.5. The zero-order chi connectivity index (χ0) is 10.1. The summed E-state index contributed by atoms with van der Waals surface area (Å²) in [6, 6.07) is 0. The lowest BCUT2D eigenvalue weighted by Gasteiger charge is -2.04. The van der Waals surface area contributed by atoms with Crippen LogP contribution in [0.25, 0.3) is 0 Å². The van der Waals surface area contributed by atoms with Gasteiger partial charge >= 0.3 is 0 Å². The third kappa shape index (κ3) is 10.4. The number of thioether (sulfide) groups is 1. The van der Waals surface area contributed by atoms with Crippen LogP contribution in [0.2, 0.25) is 0 Å². The van der Waals surface area contributed by atoms with Gasteiger partial charge in [-0.25, -0.2) is 0 Å². The summed E-state index contributed by atoms with van der Waals surface area (Å²) < 4.78 is 11.4. The molecular formula is C10H22OS2. The Balaban J connectivity index is 3.20. The Morgan fingerprint density at radius 1 is 1.23 bits per heavy atom. The van der Waals surface area contributed by atoms with Crippen LogP contribution in [-0.2, 0) is 10.8 Å². The van der Waals surface area contributed by atoms with E-state index < -0.39 is 10.8 Å². The topological polar surface area (TPSA) is 17.1 Å². The number of hydrogen-bond acceptors (Lipinski definition) is 2. The van der Waals surface area contributed by atoms with E-state index in [9.17, 15) is 4.21 Å². The summed E-state index contributed by atoms with van der Waals surface area (Å²) in [7, 11) is -0.565. The molecule has 0 aromatic heterocycles. The van der Waals surface area contributed by atoms with Crippen molar-refractivity contribution < 1.29 is 4.21 Å². The second-order valence-corrected chi connectivity index (χ2v) is 6.56. The van der Waals surface area contributed by atoms with Crippen LogP contribution in [0.4, 0.5) is 0 Å². The summed E-state index contributed by atoms with van der Waals surface area (Å²) in [5, 5.41) is 0. The van der Waals surface area contributed by atoms with Crippen molar-refractivity contribution in [2.75, 3.05) is 23.0 Å². The van der Waals surface area contributed by atoms with Crippen molar-refractivity contribution in [3.8, 4) is 0 Å². The summed E-state index contributed by atoms with van der Waals surface area (Å²) in [5.41, 5.74) is 0. The molecule has 3 heteroatoms. The van der Waals surface area contributed by atoms with Gasteiger partial charge in [-0.3, -0.25) is 4.21 Å². The van der Waals surface area contributed by atoms with E-state index in [2.05, 4.69) is 20.8 Å². The number of rotatable bonds is 8. The van der Waals surface area contributed by atoms with E-state index in [0.717, 1.165) is 23.7 Å². The molecule has 0 radical (unpaired) electrons. The molecule has 0 N–H and O–H groups in total. The predicted molar refractivity (Wildman–Crippen MR) is 64.9 cm³/mol. The fraction of sp³-hybridized carbons (Fsp3) is 1.00. The summed E-state index contributed by atoms with van der Waals surface area (Å²) in [6.07, 6.45) is 2.33. The Bertz CT molecular complexity index is 135. The molecule has 0 saturated carbocycles. The van der Waals surface area contributed by atoms with Crippen LogP contribution in [-0.4, -0.2) is 27.2 Å². The summed E-state index contributed by atoms with van der Waals surface area (Å²) >= 11 is 1.92. The smallest absolute Gasteiger partial charge is 0.0325 e. The van der Waals surface area contributed by atoms with Gasteiger partial charge in [-0.1, -0.05) is 20.8 Å². The molecule has 0 aliphatic heterocycles. The molecule has 13 heavy (non-hydrogen) atoms. The van der Waals surface area contributed by atoms with Gasteiger partial charge in [-0.2, -0.15) is 11.8 Å². The van der Waals surface area contributed by atoms with Gasteiger partial charge in [-0.05, 0) is 24.5 Å². The van der Waals surface area contributed by atoms with Crippen LogP contribution >= 0.6 is 11.8 Å². The zero-order valence-electron chi connectivity index (χ0n) is 9.04. The van der Waals surface area contributed by atoms with Gasteiger partial charge in [0.05, 0.1) is 0 Å². The fourth-order valence-corrected chi connectivity index (χ4v) is 3.51. The predicted octanol–water partition coefficient (Wildman–Crippen LogP) is 2.92. The van der Waals surface area contributed by atoms with E-state index in [1.54, 1.807) is 0 Å². The molecule has 0 heterocycles. The largest absolute Gasteiger partial charge is 0.260 e. The SMILES string of the molecule is CCCSCCS(=O)CCC(C)C. The lowest BCUT2D eigenvalue weighted by atomic mass is 10.2. The Hall–Kier alpha value is 0.500. The minimum atomic E-state index is -0.565. The van der Waals surface area contributed by atoms with Crippen LogP contribution in [0.3, 0.4) is 0 Å². The number of hydrogen-bond donors (Lipinski definition) is 0. The molecule has 0 aromatic carbocycles. The molecule has 1 unspecified atom stereocenters. The molecule has 1 atom stereocenters. The van der Waals surface area contributed by atoms with Gasteiger partial charge in [0.1, 0.15) is 0 Å². The van der Waals surface area contributed by atoms with Crippen molar-refractivity contribution in [2.24, 2.45) is 5.92 Å². The quantitative estimate of drug-likeness (QED) is 0.587. The van der Waals surface area contributed by atoms with Gasteiger partial charge in [0.2, 0.25) is 0 Å². The minimum absolute atomic E-state index is 0.565. The molecule has 0 aliphatic carbocycles. The van der Waals surface area contributed by atoms with Crippen LogP contribution in [0.1, 0.15) is 33.6 Å². The average molecular weight is 222 g/mol. The Morgan fingerprint density at radius 3 is 2.46 bits per heavy atom. The molecular weight excluding hydrogens is 200 g/mol. The van der Waals surface area contributed by atoms with Gasteiger partial charge in [0, 0.05) is 28.1 Å². The Morgan fingerprint density at radius 2 is 1.92 bits per heavy atom. The Kier molecular flexibility index (Phi) is 9.42. The first-order chi connectivity index (χ1) is 6.16. The van der Waals surface area contributed by atoms with Crippen molar-refractivity contribution in [3.05, 3.63) is 0 Å². The highest BCUT2D eigenvalue weighted by molar-refractivity contribution is 8.00. The molecule has 1 nitrogen and oxygen atoms in total. The van der Waals surface area contributed by atoms with Crippen molar-refractivity contribution in [1.82, 2.24) is 0 Å². The highest BCUT2D eigenvalue weighted by Crippen LogP contribution is 2.05. The van der Waals surface area contributed by atoms with E-state index in [-0.39, 0.29) is 0 Å². The van der Waals surface area contributed by atoms with Crippen molar-refractivity contribution in [2.45, 2.75) is 33.6 Å². The monoisotopic (exact) mass is 222 g/mol. The molecule has 0 aromatic rings. The minimum Gasteiger partial charge on any atom is -0.260 e. The van der Waals surface area contributed by atoms with Crippen molar-refractivity contribution >= 4 is 22.6 Å². The molecule has 0 aliphatic rings. The maximum Gasteiger partial charge on any atom is 0.0325 e. The summed E-state index contributed by atoms with van der Waals surface area (Å²) in [4.78, 5) is 0. The average Bonchev–Trinajstić information content (AvgIpc) is 2.09. The molecule has 0 rings (SSSR count). The molecule has 0 bridgehead atoms. The van der Waals surface area contributed by atoms with Gasteiger partial charge in [-0.15, -0.1) is 0 Å². The van der Waals surface area contributed by atoms with Crippen LogP contribution < -0.4 is 0 Å². The summed E-state index contributed by atoms with van der Waals surface area (Å²) in [5.74, 6) is 4.74. The standard InChI is InChI=1S/C10H22OS2/c1-4-6-12-7-9-13(11)8-5-10(2)3/h10H,4-9H2,1-3H3. The fourth-order valence-electron chi connectivity index (χ4n) is 0.867. The zero-order valence-corrected chi connectivity index (χ0v) is 10.7. The van der Waals surface area contributed by atoms with E-state index >= 15 is 0 Å². The van der Waals surface area contributed by atoms with Crippen LogP contribution in [0.5, 0.6) is 0 Å². The highest BCUT2D eigenvalue weighted by Gasteiger charge is 2.01. The van der Waals surface area contributed by atoms with Crippen LogP contribution in [0.15, 0.2) is 0 Å². The lowest BCUT2D eigenvalue weighted by molar-refractivity contribution is 0.619. The van der Waals surface area contributed by atoms with E-state index in [1.807, 2.05) is 11.8 Å². The highest BCUT2D eigenvalue weighted by atomic mass is 32.2.